The van der Waals surface area contributed by atoms with Gasteiger partial charge in [-0.3, -0.25) is 18.3 Å². The van der Waals surface area contributed by atoms with E-state index in [0.717, 1.165) is 0 Å². The molecule has 17 heavy (non-hydrogen) atoms. The van der Waals surface area contributed by atoms with Crippen LogP contribution in [0.5, 0.6) is 0 Å². The minimum atomic E-state index is -5.87. The van der Waals surface area contributed by atoms with Crippen LogP contribution in [-0.4, -0.2) is 0 Å². The van der Waals surface area contributed by atoms with Crippen molar-refractivity contribution in [1.82, 2.24) is 0 Å². The van der Waals surface area contributed by atoms with E-state index in [2.05, 4.69) is 17.2 Å². The van der Waals surface area contributed by atoms with Crippen LogP contribution in [0.4, 0.5) is 0 Å². The van der Waals surface area contributed by atoms with E-state index < -0.39 is 31.3 Å². The average Bonchev–Trinajstić information content (AvgIpc) is 1.67. The molecule has 0 unspecified atom stereocenters. The van der Waals surface area contributed by atoms with E-state index in [4.69, 9.17) is 0 Å². The Balaban J connectivity index is 0.00000256. The van der Waals surface area contributed by atoms with Crippen LogP contribution in [0.25, 0.3) is 0 Å². The van der Waals surface area contributed by atoms with E-state index in [1.54, 1.807) is 0 Å². The van der Waals surface area contributed by atoms with Crippen molar-refractivity contribution < 1.29 is 76.8 Å². The van der Waals surface area contributed by atoms with Crippen LogP contribution in [-0.2, 0) is 57.2 Å². The molecule has 0 N–H and O–H groups in total. The molecule has 0 amide bonds. The Labute approximate surface area is 108 Å². The first-order valence-electron chi connectivity index (χ1n) is 2.92. The van der Waals surface area contributed by atoms with E-state index in [0.29, 0.717) is 0 Å². The topological polar surface area (TPSA) is 197 Å². The number of hydrogen-bond acceptors (Lipinski definition) is 12. The molecule has 17 heteroatoms. The van der Waals surface area contributed by atoms with Crippen LogP contribution < -0.4 is 19.6 Å². The molecule has 96 valence electrons. The zero-order valence-corrected chi connectivity index (χ0v) is 12.3. The molecule has 1 rings (SSSR count). The second-order valence-electron chi connectivity index (χ2n) is 2.12. The first kappa shape index (κ1) is 18.3. The molecule has 0 aliphatic carbocycles. The van der Waals surface area contributed by atoms with E-state index in [9.17, 15) is 37.8 Å². The minimum Gasteiger partial charge on any atom is -0.756 e. The Kier molecular flexibility index (Phi) is 5.78. The van der Waals surface area contributed by atoms with Gasteiger partial charge in [0.25, 0.3) is 31.3 Å². The number of phosphoric acid groups is 4. The molecule has 0 spiro atoms. The third-order valence-electron chi connectivity index (χ3n) is 0.800. The molecule has 0 aromatic carbocycles. The number of rotatable bonds is 0. The van der Waals surface area contributed by atoms with Gasteiger partial charge in [0, 0.05) is 0 Å². The van der Waals surface area contributed by atoms with Gasteiger partial charge in [0.05, 0.1) is 0 Å². The van der Waals surface area contributed by atoms with Gasteiger partial charge in [0.15, 0.2) is 0 Å². The standard InChI is InChI=1S/H4O12P4.Ti/c1-13(2)9-14(3,4)11-16(7,8)12-15(5,6)10-13;/h(H,1,2)(H,3,4)(H,5,6)(H,7,8);/q;+4/p-4. The molecule has 1 heterocycles. The normalized spacial score (nSPS) is 52.0. The van der Waals surface area contributed by atoms with E-state index in [-0.39, 0.29) is 21.7 Å². The fourth-order valence-corrected chi connectivity index (χ4v) is 6.02. The first-order chi connectivity index (χ1) is 6.83. The maximum atomic E-state index is 10.6. The van der Waals surface area contributed by atoms with Crippen molar-refractivity contribution >= 4 is 31.3 Å². The summed E-state index contributed by atoms with van der Waals surface area (Å²) in [4.78, 5) is 42.2. The fourth-order valence-electron chi connectivity index (χ4n) is 0.550. The Hall–Kier alpha value is 1.31. The van der Waals surface area contributed by atoms with Gasteiger partial charge in [0.1, 0.15) is 0 Å². The third-order valence-corrected chi connectivity index (χ3v) is 7.20. The summed E-state index contributed by atoms with van der Waals surface area (Å²) in [5.41, 5.74) is 0. The Bertz CT molecular complexity index is 363. The van der Waals surface area contributed by atoms with Crippen LogP contribution in [0.2, 0.25) is 0 Å². The molecule has 0 aromatic rings. The SMILES string of the molecule is O=P1([O-])OP(=O)([O-])OP(=O)([O-])OP(=O)([O-])O1.[Ti+4]. The van der Waals surface area contributed by atoms with E-state index in [1.807, 2.05) is 0 Å². The van der Waals surface area contributed by atoms with Crippen molar-refractivity contribution in [2.24, 2.45) is 0 Å². The van der Waals surface area contributed by atoms with Crippen molar-refractivity contribution in [3.05, 3.63) is 0 Å². The molecule has 0 aromatic heterocycles. The first-order valence-corrected chi connectivity index (χ1v) is 8.76. The van der Waals surface area contributed by atoms with Gasteiger partial charge >= 0.3 is 21.7 Å². The summed E-state index contributed by atoms with van der Waals surface area (Å²) in [6, 6.07) is 0. The summed E-state index contributed by atoms with van der Waals surface area (Å²) < 4.78 is 54.5. The predicted octanol–water partition coefficient (Wildman–Crippen LogP) is -2.06. The summed E-state index contributed by atoms with van der Waals surface area (Å²) in [7, 11) is -23.5. The Morgan fingerprint density at radius 3 is 0.765 bits per heavy atom. The molecule has 1 aliphatic heterocycles. The average molecular weight is 364 g/mol. The van der Waals surface area contributed by atoms with Gasteiger partial charge in [-0.2, -0.15) is 0 Å². The molecule has 1 saturated heterocycles. The summed E-state index contributed by atoms with van der Waals surface area (Å²) in [6.07, 6.45) is 0. The zero-order valence-electron chi connectivity index (χ0n) is 7.19. The molecule has 0 radical (unpaired) electrons. The zero-order chi connectivity index (χ0) is 12.8. The van der Waals surface area contributed by atoms with Crippen LogP contribution >= 0.6 is 31.3 Å². The molecule has 0 atom stereocenters. The van der Waals surface area contributed by atoms with Crippen molar-refractivity contribution in [1.29, 1.82) is 0 Å². The predicted molar refractivity (Wildman–Crippen MR) is 34.8 cm³/mol. The summed E-state index contributed by atoms with van der Waals surface area (Å²) in [6.45, 7) is 0. The van der Waals surface area contributed by atoms with E-state index in [1.165, 1.54) is 0 Å². The maximum Gasteiger partial charge on any atom is 4.00 e. The maximum absolute atomic E-state index is 10.6. The van der Waals surface area contributed by atoms with Crippen molar-refractivity contribution in [2.75, 3.05) is 0 Å². The molecular weight excluding hydrogens is 364 g/mol. The second kappa shape index (κ2) is 5.36. The van der Waals surface area contributed by atoms with Crippen LogP contribution in [0.15, 0.2) is 0 Å². The largest absolute Gasteiger partial charge is 4.00 e. The molecule has 0 bridgehead atoms. The van der Waals surface area contributed by atoms with Gasteiger partial charge < -0.3 is 19.6 Å². The summed E-state index contributed by atoms with van der Waals surface area (Å²) >= 11 is 0. The number of hydrogen-bond donors (Lipinski definition) is 0. The Morgan fingerprint density at radius 2 is 0.647 bits per heavy atom. The van der Waals surface area contributed by atoms with Crippen LogP contribution in [0, 0.1) is 0 Å². The molecular formula is O12P4Ti. The van der Waals surface area contributed by atoms with Crippen molar-refractivity contribution in [3.8, 4) is 0 Å². The van der Waals surface area contributed by atoms with E-state index >= 15 is 0 Å². The van der Waals surface area contributed by atoms with Gasteiger partial charge in [-0.15, -0.1) is 0 Å². The monoisotopic (exact) mass is 364 g/mol. The Morgan fingerprint density at radius 1 is 0.529 bits per heavy atom. The molecule has 0 saturated carbocycles. The van der Waals surface area contributed by atoms with Crippen LogP contribution in [0.3, 0.4) is 0 Å². The van der Waals surface area contributed by atoms with Gasteiger partial charge in [-0.1, -0.05) is 0 Å². The fraction of sp³-hybridized carbons (Fsp3) is 0. The van der Waals surface area contributed by atoms with Crippen molar-refractivity contribution in [3.63, 3.8) is 0 Å². The molecule has 1 fully saturated rings. The minimum absolute atomic E-state index is 0. The summed E-state index contributed by atoms with van der Waals surface area (Å²) in [5, 5.41) is 0. The van der Waals surface area contributed by atoms with Gasteiger partial charge in [-0.05, 0) is 0 Å². The second-order valence-corrected chi connectivity index (χ2v) is 8.31. The summed E-state index contributed by atoms with van der Waals surface area (Å²) in [5.74, 6) is 0. The van der Waals surface area contributed by atoms with Gasteiger partial charge in [0.2, 0.25) is 0 Å². The molecule has 12 nitrogen and oxygen atoms in total. The van der Waals surface area contributed by atoms with Crippen LogP contribution in [0.1, 0.15) is 0 Å². The van der Waals surface area contributed by atoms with Crippen molar-refractivity contribution in [2.45, 2.75) is 0 Å². The smallest absolute Gasteiger partial charge is 0.756 e. The van der Waals surface area contributed by atoms with Gasteiger partial charge in [-0.25, -0.2) is 17.2 Å². The third kappa shape index (κ3) is 6.34. The molecule has 1 aliphatic rings. The quantitative estimate of drug-likeness (QED) is 0.337.